The average Bonchev–Trinajstić information content (AvgIpc) is 3.46. The van der Waals surface area contributed by atoms with Gasteiger partial charge in [0.25, 0.3) is 0 Å². The van der Waals surface area contributed by atoms with Crippen LogP contribution >= 0.6 is 0 Å². The lowest BCUT2D eigenvalue weighted by Gasteiger charge is -2.16. The Balaban J connectivity index is 1.49. The number of nitriles is 1. The molecule has 0 aliphatic rings. The van der Waals surface area contributed by atoms with Crippen LogP contribution in [0.5, 0.6) is 0 Å². The SMILES string of the molecule is C[Si](C)(C)c1ccc2c(c1)c1cc(-c3ccc4oc5ccc(C#N)cc5c4c3)ccc1n2-c1ccccc1. The first-order valence-corrected chi connectivity index (χ1v) is 16.4. The number of hydrogen-bond donors (Lipinski definition) is 0. The fourth-order valence-corrected chi connectivity index (χ4v) is 6.71. The first-order chi connectivity index (χ1) is 18.4. The van der Waals surface area contributed by atoms with E-state index in [1.54, 1.807) is 6.07 Å². The molecule has 2 heterocycles. The molecule has 0 aliphatic heterocycles. The van der Waals surface area contributed by atoms with E-state index >= 15 is 0 Å². The highest BCUT2D eigenvalue weighted by Crippen LogP contribution is 2.37. The van der Waals surface area contributed by atoms with Gasteiger partial charge in [-0.3, -0.25) is 0 Å². The highest BCUT2D eigenvalue weighted by atomic mass is 28.3. The van der Waals surface area contributed by atoms with Crippen molar-refractivity contribution >= 4 is 57.0 Å². The maximum Gasteiger partial charge on any atom is 0.135 e. The third-order valence-corrected chi connectivity index (χ3v) is 9.62. The molecule has 4 heteroatoms. The lowest BCUT2D eigenvalue weighted by Crippen LogP contribution is -2.37. The number of aromatic nitrogens is 1. The van der Waals surface area contributed by atoms with Crippen molar-refractivity contribution in [2.45, 2.75) is 19.6 Å². The van der Waals surface area contributed by atoms with Crippen LogP contribution in [0.25, 0.3) is 60.6 Å². The second-order valence-corrected chi connectivity index (χ2v) is 16.1. The Morgan fingerprint density at radius 1 is 0.632 bits per heavy atom. The van der Waals surface area contributed by atoms with Crippen molar-refractivity contribution in [2.75, 3.05) is 0 Å². The molecule has 182 valence electrons. The molecule has 7 aromatic rings. The van der Waals surface area contributed by atoms with Gasteiger partial charge in [-0.25, -0.2) is 0 Å². The summed E-state index contributed by atoms with van der Waals surface area (Å²) in [6.07, 6.45) is 0. The van der Waals surface area contributed by atoms with Gasteiger partial charge in [-0.15, -0.1) is 0 Å². The van der Waals surface area contributed by atoms with Gasteiger partial charge in [0, 0.05) is 27.2 Å². The number of para-hydroxylation sites is 1. The Morgan fingerprint density at radius 2 is 1.24 bits per heavy atom. The molecule has 0 aliphatic carbocycles. The van der Waals surface area contributed by atoms with E-state index in [9.17, 15) is 5.26 Å². The zero-order valence-electron chi connectivity index (χ0n) is 21.6. The van der Waals surface area contributed by atoms with Crippen molar-refractivity contribution < 1.29 is 4.42 Å². The van der Waals surface area contributed by atoms with Crippen LogP contribution in [0.4, 0.5) is 0 Å². The lowest BCUT2D eigenvalue weighted by molar-refractivity contribution is 0.669. The molecule has 0 saturated carbocycles. The van der Waals surface area contributed by atoms with E-state index in [-0.39, 0.29) is 0 Å². The molecule has 38 heavy (non-hydrogen) atoms. The van der Waals surface area contributed by atoms with Gasteiger partial charge in [-0.05, 0) is 71.8 Å². The molecule has 0 bridgehead atoms. The van der Waals surface area contributed by atoms with E-state index in [1.807, 2.05) is 18.2 Å². The van der Waals surface area contributed by atoms with E-state index in [0.717, 1.165) is 33.1 Å². The minimum atomic E-state index is -1.48. The molecule has 3 nitrogen and oxygen atoms in total. The van der Waals surface area contributed by atoms with Crippen molar-refractivity contribution in [3.05, 3.63) is 109 Å². The zero-order valence-corrected chi connectivity index (χ0v) is 22.6. The number of benzene rings is 5. The van der Waals surface area contributed by atoms with Gasteiger partial charge in [0.1, 0.15) is 11.2 Å². The predicted molar refractivity (Wildman–Crippen MR) is 161 cm³/mol. The second-order valence-electron chi connectivity index (χ2n) is 11.0. The Labute approximate surface area is 222 Å². The summed E-state index contributed by atoms with van der Waals surface area (Å²) in [5.74, 6) is 0. The highest BCUT2D eigenvalue weighted by Gasteiger charge is 2.20. The fraction of sp³-hybridized carbons (Fsp3) is 0.0882. The normalized spacial score (nSPS) is 12.1. The summed E-state index contributed by atoms with van der Waals surface area (Å²) in [5, 5.41) is 15.4. The van der Waals surface area contributed by atoms with E-state index in [0.29, 0.717) is 5.56 Å². The van der Waals surface area contributed by atoms with Crippen molar-refractivity contribution in [2.24, 2.45) is 0 Å². The van der Waals surface area contributed by atoms with Gasteiger partial charge in [-0.1, -0.05) is 67.3 Å². The Morgan fingerprint density at radius 3 is 1.95 bits per heavy atom. The predicted octanol–water partition coefficient (Wildman–Crippen LogP) is 8.77. The number of rotatable bonds is 3. The van der Waals surface area contributed by atoms with Crippen molar-refractivity contribution in [1.82, 2.24) is 4.57 Å². The van der Waals surface area contributed by atoms with Crippen LogP contribution in [0.2, 0.25) is 19.6 Å². The first-order valence-electron chi connectivity index (χ1n) is 12.9. The van der Waals surface area contributed by atoms with E-state index in [2.05, 4.69) is 109 Å². The van der Waals surface area contributed by atoms with Crippen LogP contribution < -0.4 is 5.19 Å². The summed E-state index contributed by atoms with van der Waals surface area (Å²) < 4.78 is 8.43. The van der Waals surface area contributed by atoms with E-state index in [1.165, 1.54) is 32.7 Å². The minimum absolute atomic E-state index is 0.638. The van der Waals surface area contributed by atoms with Gasteiger partial charge in [0.05, 0.1) is 30.7 Å². The summed E-state index contributed by atoms with van der Waals surface area (Å²) in [4.78, 5) is 0. The maximum absolute atomic E-state index is 9.40. The Hall–Kier alpha value is -4.59. The Kier molecular flexibility index (Phi) is 4.88. The van der Waals surface area contributed by atoms with Crippen LogP contribution in [0.15, 0.2) is 108 Å². The molecule has 7 rings (SSSR count). The van der Waals surface area contributed by atoms with Gasteiger partial charge >= 0.3 is 0 Å². The summed E-state index contributed by atoms with van der Waals surface area (Å²) in [5.41, 5.74) is 8.17. The van der Waals surface area contributed by atoms with Gasteiger partial charge in [0.15, 0.2) is 0 Å². The standard InChI is InChI=1S/C34H26N2OSi/c1-38(2,3)26-12-14-32-28(20-26)27-18-23(10-13-31(27)36(32)25-7-5-4-6-8-25)24-11-16-34-30(19-24)29-17-22(21-35)9-15-33(29)37-34/h4-20H,1-3H3. The summed E-state index contributed by atoms with van der Waals surface area (Å²) in [6, 6.07) is 38.6. The van der Waals surface area contributed by atoms with Gasteiger partial charge in [-0.2, -0.15) is 5.26 Å². The fourth-order valence-electron chi connectivity index (χ4n) is 5.55. The monoisotopic (exact) mass is 506 g/mol. The summed E-state index contributed by atoms with van der Waals surface area (Å²) in [7, 11) is -1.48. The number of fused-ring (bicyclic) bond motifs is 6. The minimum Gasteiger partial charge on any atom is -0.456 e. The quantitative estimate of drug-likeness (QED) is 0.225. The van der Waals surface area contributed by atoms with Gasteiger partial charge < -0.3 is 8.98 Å². The van der Waals surface area contributed by atoms with Gasteiger partial charge in [0.2, 0.25) is 0 Å². The van der Waals surface area contributed by atoms with Crippen molar-refractivity contribution in [3.63, 3.8) is 0 Å². The molecule has 0 atom stereocenters. The maximum atomic E-state index is 9.40. The van der Waals surface area contributed by atoms with Crippen LogP contribution in [0.3, 0.4) is 0 Å². The molecular formula is C34H26N2OSi. The molecule has 0 N–H and O–H groups in total. The molecule has 0 spiro atoms. The van der Waals surface area contributed by atoms with E-state index < -0.39 is 8.07 Å². The number of nitrogens with zero attached hydrogens (tertiary/aromatic N) is 2. The van der Waals surface area contributed by atoms with Crippen molar-refractivity contribution in [3.8, 4) is 22.9 Å². The molecule has 0 fully saturated rings. The number of hydrogen-bond acceptors (Lipinski definition) is 2. The molecule has 0 saturated heterocycles. The number of furan rings is 1. The van der Waals surface area contributed by atoms with Crippen LogP contribution in [0, 0.1) is 11.3 Å². The largest absolute Gasteiger partial charge is 0.456 e. The third-order valence-electron chi connectivity index (χ3n) is 7.58. The third kappa shape index (κ3) is 3.48. The van der Waals surface area contributed by atoms with Crippen molar-refractivity contribution in [1.29, 1.82) is 5.26 Å². The van der Waals surface area contributed by atoms with E-state index in [4.69, 9.17) is 4.42 Å². The smallest absolute Gasteiger partial charge is 0.135 e. The molecule has 2 aromatic heterocycles. The summed E-state index contributed by atoms with van der Waals surface area (Å²) in [6.45, 7) is 7.20. The molecule has 0 amide bonds. The molecule has 0 radical (unpaired) electrons. The van der Waals surface area contributed by atoms with Crippen LogP contribution in [0.1, 0.15) is 5.56 Å². The molecular weight excluding hydrogens is 480 g/mol. The summed E-state index contributed by atoms with van der Waals surface area (Å²) >= 11 is 0. The zero-order chi connectivity index (χ0) is 26.0. The Bertz CT molecular complexity index is 2070. The highest BCUT2D eigenvalue weighted by molar-refractivity contribution is 6.88. The van der Waals surface area contributed by atoms with Crippen LogP contribution in [-0.4, -0.2) is 12.6 Å². The first kappa shape index (κ1) is 22.6. The van der Waals surface area contributed by atoms with Crippen LogP contribution in [-0.2, 0) is 0 Å². The topological polar surface area (TPSA) is 41.9 Å². The molecule has 5 aromatic carbocycles. The lowest BCUT2D eigenvalue weighted by atomic mass is 10.0. The second kappa shape index (κ2) is 8.21. The molecule has 0 unspecified atom stereocenters. The average molecular weight is 507 g/mol.